The molecule has 0 radical (unpaired) electrons. The number of rotatable bonds is 23. The van der Waals surface area contributed by atoms with Gasteiger partial charge in [-0.25, -0.2) is 0 Å². The summed E-state index contributed by atoms with van der Waals surface area (Å²) in [6.45, 7) is 5.21. The summed E-state index contributed by atoms with van der Waals surface area (Å²) in [4.78, 5) is 23.1. The Labute approximate surface area is 205 Å². The molecule has 0 amide bonds. The number of nitrogens with zero attached hydrogens (tertiary/aromatic N) is 1. The normalized spacial score (nSPS) is 13.6. The van der Waals surface area contributed by atoms with Crippen molar-refractivity contribution in [3.05, 3.63) is 0 Å². The predicted molar refractivity (Wildman–Crippen MR) is 138 cm³/mol. The summed E-state index contributed by atoms with van der Waals surface area (Å²) in [6.07, 6.45) is 20.5. The highest BCUT2D eigenvalue weighted by atomic mass is 16.5. The molecule has 0 aliphatic rings. The van der Waals surface area contributed by atoms with Gasteiger partial charge < -0.3 is 14.3 Å². The third kappa shape index (κ3) is 23.8. The number of likely N-dealkylation sites (N-methyl/N-ethyl adjacent to an activating group) is 1. The number of carbonyl (C=O) groups excluding carboxylic acids is 1. The lowest BCUT2D eigenvalue weighted by Crippen LogP contribution is -2.43. The van der Waals surface area contributed by atoms with E-state index in [9.17, 15) is 9.59 Å². The van der Waals surface area contributed by atoms with Crippen molar-refractivity contribution >= 4 is 11.9 Å². The highest BCUT2D eigenvalue weighted by Crippen LogP contribution is 2.18. The first-order valence-corrected chi connectivity index (χ1v) is 13.9. The van der Waals surface area contributed by atoms with Crippen molar-refractivity contribution in [3.63, 3.8) is 0 Å². The van der Waals surface area contributed by atoms with Crippen LogP contribution in [0.4, 0.5) is 0 Å². The van der Waals surface area contributed by atoms with Gasteiger partial charge in [0.05, 0.1) is 27.6 Å². The van der Waals surface area contributed by atoms with Crippen molar-refractivity contribution in [2.24, 2.45) is 5.92 Å². The number of esters is 1. The van der Waals surface area contributed by atoms with E-state index in [0.717, 1.165) is 18.8 Å². The highest BCUT2D eigenvalue weighted by molar-refractivity contribution is 5.71. The number of hydrogen-bond donors (Lipinski definition) is 1. The molecule has 0 aliphatic carbocycles. The second-order valence-electron chi connectivity index (χ2n) is 11.2. The molecule has 0 saturated heterocycles. The summed E-state index contributed by atoms with van der Waals surface area (Å²) in [5.41, 5.74) is 0. The van der Waals surface area contributed by atoms with Crippen molar-refractivity contribution in [1.29, 1.82) is 0 Å². The van der Waals surface area contributed by atoms with Crippen LogP contribution in [0.15, 0.2) is 0 Å². The SMILES string of the molecule is CCCCCCC(C)CCCCCCCCCCCCC(=O)OC(CC(=O)O)C[N+](C)(C)C. The van der Waals surface area contributed by atoms with Crippen molar-refractivity contribution in [1.82, 2.24) is 0 Å². The minimum Gasteiger partial charge on any atom is -0.481 e. The van der Waals surface area contributed by atoms with E-state index >= 15 is 0 Å². The summed E-state index contributed by atoms with van der Waals surface area (Å²) in [5.74, 6) is -0.279. The van der Waals surface area contributed by atoms with Crippen molar-refractivity contribution in [2.45, 2.75) is 136 Å². The van der Waals surface area contributed by atoms with Crippen LogP contribution >= 0.6 is 0 Å². The number of hydrogen-bond acceptors (Lipinski definition) is 3. The standard InChI is InChI=1S/C28H55NO4/c1-6-7-8-17-20-25(2)21-18-15-13-11-9-10-12-14-16-19-22-28(32)33-26(23-27(30)31)24-29(3,4)5/h25-26H,6-24H2,1-5H3/p+1. The lowest BCUT2D eigenvalue weighted by atomic mass is 9.96. The van der Waals surface area contributed by atoms with Gasteiger partial charge in [-0.2, -0.15) is 0 Å². The number of unbranched alkanes of at least 4 members (excludes halogenated alkanes) is 12. The lowest BCUT2D eigenvalue weighted by Gasteiger charge is -2.28. The molecular weight excluding hydrogens is 414 g/mol. The van der Waals surface area contributed by atoms with Crippen LogP contribution in [0.5, 0.6) is 0 Å². The van der Waals surface area contributed by atoms with Gasteiger partial charge in [0.1, 0.15) is 6.54 Å². The van der Waals surface area contributed by atoms with Crippen LogP contribution in [-0.2, 0) is 14.3 Å². The average molecular weight is 471 g/mol. The fraction of sp³-hybridized carbons (Fsp3) is 0.929. The molecule has 0 aliphatic heterocycles. The van der Waals surface area contributed by atoms with Gasteiger partial charge in [0, 0.05) is 6.42 Å². The zero-order valence-electron chi connectivity index (χ0n) is 22.7. The van der Waals surface area contributed by atoms with Gasteiger partial charge in [-0.15, -0.1) is 0 Å². The van der Waals surface area contributed by atoms with Gasteiger partial charge in [-0.05, 0) is 12.3 Å². The maximum atomic E-state index is 12.1. The van der Waals surface area contributed by atoms with E-state index in [4.69, 9.17) is 9.84 Å². The number of aliphatic carboxylic acids is 1. The molecule has 5 nitrogen and oxygen atoms in total. The van der Waals surface area contributed by atoms with E-state index in [1.54, 1.807) is 0 Å². The number of carboxylic acid groups (broad SMARTS) is 1. The Morgan fingerprint density at radius 2 is 1.21 bits per heavy atom. The van der Waals surface area contributed by atoms with Crippen LogP contribution in [0, 0.1) is 5.92 Å². The molecule has 0 fully saturated rings. The molecule has 5 heteroatoms. The maximum Gasteiger partial charge on any atom is 0.307 e. The number of carboxylic acids is 1. The predicted octanol–water partition coefficient (Wildman–Crippen LogP) is 7.37. The zero-order valence-corrected chi connectivity index (χ0v) is 22.7. The second-order valence-corrected chi connectivity index (χ2v) is 11.2. The van der Waals surface area contributed by atoms with Crippen LogP contribution in [0.1, 0.15) is 129 Å². The molecule has 0 spiro atoms. The first-order chi connectivity index (χ1) is 15.6. The fourth-order valence-electron chi connectivity index (χ4n) is 4.43. The first kappa shape index (κ1) is 31.9. The summed E-state index contributed by atoms with van der Waals surface area (Å²) in [5, 5.41) is 9.04. The molecule has 0 saturated carbocycles. The maximum absolute atomic E-state index is 12.1. The first-order valence-electron chi connectivity index (χ1n) is 13.9. The molecule has 0 aromatic carbocycles. The van der Waals surface area contributed by atoms with Gasteiger partial charge in [0.15, 0.2) is 6.10 Å². The zero-order chi connectivity index (χ0) is 25.0. The Kier molecular flexibility index (Phi) is 19.6. The quantitative estimate of drug-likeness (QED) is 0.0962. The summed E-state index contributed by atoms with van der Waals surface area (Å²) >= 11 is 0. The summed E-state index contributed by atoms with van der Waals surface area (Å²) in [6, 6.07) is 0. The topological polar surface area (TPSA) is 63.6 Å². The smallest absolute Gasteiger partial charge is 0.307 e. The molecule has 0 aromatic rings. The Hall–Kier alpha value is -1.10. The minimum atomic E-state index is -0.923. The van der Waals surface area contributed by atoms with Gasteiger partial charge in [0.25, 0.3) is 0 Å². The summed E-state index contributed by atoms with van der Waals surface area (Å²) in [7, 11) is 5.92. The molecular formula is C28H56NO4+. The number of carbonyl (C=O) groups is 2. The van der Waals surface area contributed by atoms with Crippen molar-refractivity contribution in [2.75, 3.05) is 27.7 Å². The molecule has 0 bridgehead atoms. The van der Waals surface area contributed by atoms with Crippen LogP contribution in [0.3, 0.4) is 0 Å². The largest absolute Gasteiger partial charge is 0.481 e. The van der Waals surface area contributed by atoms with Gasteiger partial charge >= 0.3 is 11.9 Å². The van der Waals surface area contributed by atoms with Gasteiger partial charge in [0.2, 0.25) is 0 Å². The van der Waals surface area contributed by atoms with Crippen LogP contribution < -0.4 is 0 Å². The molecule has 33 heavy (non-hydrogen) atoms. The van der Waals surface area contributed by atoms with E-state index in [0.29, 0.717) is 17.4 Å². The molecule has 0 rings (SSSR count). The molecule has 2 unspecified atom stereocenters. The van der Waals surface area contributed by atoms with E-state index in [1.807, 2.05) is 21.1 Å². The van der Waals surface area contributed by atoms with Crippen LogP contribution in [0.2, 0.25) is 0 Å². The van der Waals surface area contributed by atoms with Gasteiger partial charge in [-0.1, -0.05) is 110 Å². The molecule has 196 valence electrons. The lowest BCUT2D eigenvalue weighted by molar-refractivity contribution is -0.873. The monoisotopic (exact) mass is 470 g/mol. The van der Waals surface area contributed by atoms with Crippen molar-refractivity contribution < 1.29 is 23.9 Å². The van der Waals surface area contributed by atoms with E-state index in [-0.39, 0.29) is 12.4 Å². The Balaban J connectivity index is 3.57. The van der Waals surface area contributed by atoms with Crippen LogP contribution in [0.25, 0.3) is 0 Å². The Morgan fingerprint density at radius 3 is 1.67 bits per heavy atom. The molecule has 2 atom stereocenters. The molecule has 0 aromatic heterocycles. The average Bonchev–Trinajstić information content (AvgIpc) is 2.70. The van der Waals surface area contributed by atoms with E-state index in [1.165, 1.54) is 89.9 Å². The van der Waals surface area contributed by atoms with Crippen molar-refractivity contribution in [3.8, 4) is 0 Å². The third-order valence-corrected chi connectivity index (χ3v) is 6.33. The molecule has 0 heterocycles. The summed E-state index contributed by atoms with van der Waals surface area (Å²) < 4.78 is 6.01. The van der Waals surface area contributed by atoms with E-state index < -0.39 is 12.1 Å². The number of ether oxygens (including phenoxy) is 1. The van der Waals surface area contributed by atoms with E-state index in [2.05, 4.69) is 13.8 Å². The van der Waals surface area contributed by atoms with Gasteiger partial charge in [-0.3, -0.25) is 9.59 Å². The third-order valence-electron chi connectivity index (χ3n) is 6.33. The Bertz CT molecular complexity index is 487. The number of quaternary nitrogens is 1. The molecule has 1 N–H and O–H groups in total. The Morgan fingerprint density at radius 1 is 0.758 bits per heavy atom. The minimum absolute atomic E-state index is 0.126. The highest BCUT2D eigenvalue weighted by Gasteiger charge is 2.24. The fourth-order valence-corrected chi connectivity index (χ4v) is 4.43. The second kappa shape index (κ2) is 20.3. The van der Waals surface area contributed by atoms with Crippen LogP contribution in [-0.4, -0.2) is 55.3 Å².